The van der Waals surface area contributed by atoms with Gasteiger partial charge in [-0.05, 0) is 12.5 Å². The molecule has 0 radical (unpaired) electrons. The van der Waals surface area contributed by atoms with Gasteiger partial charge in [0.05, 0.1) is 5.52 Å². The summed E-state index contributed by atoms with van der Waals surface area (Å²) in [7, 11) is 0. The molecule has 3 aromatic rings. The van der Waals surface area contributed by atoms with E-state index in [4.69, 9.17) is 0 Å². The number of aromatic nitrogens is 5. The van der Waals surface area contributed by atoms with Crippen LogP contribution in [0.5, 0.6) is 0 Å². The summed E-state index contributed by atoms with van der Waals surface area (Å²) in [6.45, 7) is 2.12. The first-order chi connectivity index (χ1) is 8.38. The zero-order valence-corrected chi connectivity index (χ0v) is 9.57. The first kappa shape index (κ1) is 10.0. The molecule has 0 saturated heterocycles. The van der Waals surface area contributed by atoms with E-state index >= 15 is 0 Å². The lowest BCUT2D eigenvalue weighted by Crippen LogP contribution is -1.85. The van der Waals surface area contributed by atoms with Gasteiger partial charge in [-0.15, -0.1) is 0 Å². The van der Waals surface area contributed by atoms with Gasteiger partial charge in [-0.1, -0.05) is 25.1 Å². The van der Waals surface area contributed by atoms with Gasteiger partial charge in [0.2, 0.25) is 5.82 Å². The van der Waals surface area contributed by atoms with Crippen LogP contribution in [-0.4, -0.2) is 25.4 Å². The molecule has 2 N–H and O–H groups in total. The van der Waals surface area contributed by atoms with Crippen molar-refractivity contribution in [2.45, 2.75) is 19.8 Å². The number of rotatable bonds is 3. The summed E-state index contributed by atoms with van der Waals surface area (Å²) in [5, 5.41) is 15.5. The second-order valence-corrected chi connectivity index (χ2v) is 3.97. The molecule has 0 aliphatic rings. The summed E-state index contributed by atoms with van der Waals surface area (Å²) in [5.74, 6) is 1.57. The average molecular weight is 227 g/mol. The molecule has 3 rings (SSSR count). The van der Waals surface area contributed by atoms with E-state index in [1.54, 1.807) is 0 Å². The number of aryl methyl sites for hydroxylation is 1. The molecule has 0 spiro atoms. The first-order valence-electron chi connectivity index (χ1n) is 5.73. The molecule has 2 aromatic heterocycles. The molecule has 1 aromatic carbocycles. The summed E-state index contributed by atoms with van der Waals surface area (Å²) in [6, 6.07) is 7.97. The maximum Gasteiger partial charge on any atom is 0.202 e. The lowest BCUT2D eigenvalue weighted by molar-refractivity contribution is 0.841. The molecule has 2 heterocycles. The van der Waals surface area contributed by atoms with Crippen LogP contribution >= 0.6 is 0 Å². The highest BCUT2D eigenvalue weighted by atomic mass is 15.2. The van der Waals surface area contributed by atoms with Crippen molar-refractivity contribution in [1.29, 1.82) is 0 Å². The highest BCUT2D eigenvalue weighted by Crippen LogP contribution is 2.22. The third kappa shape index (κ3) is 1.69. The topological polar surface area (TPSA) is 70.2 Å². The predicted octanol–water partition coefficient (Wildman–Crippen LogP) is 2.30. The quantitative estimate of drug-likeness (QED) is 0.721. The highest BCUT2D eigenvalue weighted by Gasteiger charge is 2.12. The number of H-pyrrole nitrogens is 2. The maximum absolute atomic E-state index is 4.44. The molecule has 0 fully saturated rings. The van der Waals surface area contributed by atoms with Crippen LogP contribution in [0.4, 0.5) is 0 Å². The molecule has 5 nitrogen and oxygen atoms in total. The highest BCUT2D eigenvalue weighted by molar-refractivity contribution is 5.90. The van der Waals surface area contributed by atoms with Crippen molar-refractivity contribution in [3.8, 4) is 11.5 Å². The van der Waals surface area contributed by atoms with E-state index in [1.165, 1.54) is 0 Å². The van der Waals surface area contributed by atoms with Crippen molar-refractivity contribution in [3.63, 3.8) is 0 Å². The van der Waals surface area contributed by atoms with Crippen molar-refractivity contribution in [2.24, 2.45) is 0 Å². The number of fused-ring (bicyclic) bond motifs is 1. The molecular weight excluding hydrogens is 214 g/mol. The minimum Gasteiger partial charge on any atom is -0.277 e. The molecule has 0 amide bonds. The van der Waals surface area contributed by atoms with Gasteiger partial charge in [-0.2, -0.15) is 10.2 Å². The predicted molar refractivity (Wildman–Crippen MR) is 65.5 cm³/mol. The van der Waals surface area contributed by atoms with Crippen molar-refractivity contribution < 1.29 is 0 Å². The summed E-state index contributed by atoms with van der Waals surface area (Å²) in [4.78, 5) is 4.44. The zero-order chi connectivity index (χ0) is 11.7. The van der Waals surface area contributed by atoms with Gasteiger partial charge in [-0.3, -0.25) is 10.2 Å². The van der Waals surface area contributed by atoms with Gasteiger partial charge in [0.15, 0.2) is 0 Å². The Morgan fingerprint density at radius 1 is 1.12 bits per heavy atom. The normalized spacial score (nSPS) is 11.1. The van der Waals surface area contributed by atoms with Crippen LogP contribution in [0.3, 0.4) is 0 Å². The van der Waals surface area contributed by atoms with Crippen LogP contribution in [0.25, 0.3) is 22.4 Å². The third-order valence-corrected chi connectivity index (χ3v) is 2.70. The molecule has 0 bridgehead atoms. The average Bonchev–Trinajstić information content (AvgIpc) is 2.95. The maximum atomic E-state index is 4.44. The molecular formula is C12H13N5. The Balaban J connectivity index is 2.07. The fraction of sp³-hybridized carbons (Fsp3) is 0.250. The molecule has 0 saturated carbocycles. The molecule has 86 valence electrons. The van der Waals surface area contributed by atoms with Crippen LogP contribution < -0.4 is 0 Å². The lowest BCUT2D eigenvalue weighted by atomic mass is 10.2. The number of hydrogen-bond acceptors (Lipinski definition) is 3. The van der Waals surface area contributed by atoms with Crippen molar-refractivity contribution >= 4 is 10.9 Å². The summed E-state index contributed by atoms with van der Waals surface area (Å²) < 4.78 is 0. The number of benzene rings is 1. The van der Waals surface area contributed by atoms with Crippen LogP contribution in [0.2, 0.25) is 0 Å². The van der Waals surface area contributed by atoms with E-state index in [2.05, 4.69) is 32.3 Å². The van der Waals surface area contributed by atoms with Gasteiger partial charge >= 0.3 is 0 Å². The van der Waals surface area contributed by atoms with E-state index in [-0.39, 0.29) is 0 Å². The van der Waals surface area contributed by atoms with Gasteiger partial charge in [0.1, 0.15) is 11.5 Å². The smallest absolute Gasteiger partial charge is 0.202 e. The van der Waals surface area contributed by atoms with Gasteiger partial charge in [0, 0.05) is 11.8 Å². The monoisotopic (exact) mass is 227 g/mol. The minimum absolute atomic E-state index is 0.658. The molecule has 0 aliphatic heterocycles. The molecule has 5 heteroatoms. The number of aromatic amines is 2. The van der Waals surface area contributed by atoms with E-state index < -0.39 is 0 Å². The first-order valence-corrected chi connectivity index (χ1v) is 5.73. The number of nitrogens with zero attached hydrogens (tertiary/aromatic N) is 3. The minimum atomic E-state index is 0.658. The fourth-order valence-corrected chi connectivity index (χ4v) is 1.88. The zero-order valence-electron chi connectivity index (χ0n) is 9.57. The lowest BCUT2D eigenvalue weighted by Gasteiger charge is -1.89. The summed E-state index contributed by atoms with van der Waals surface area (Å²) in [5.41, 5.74) is 1.81. The summed E-state index contributed by atoms with van der Waals surface area (Å²) >= 11 is 0. The van der Waals surface area contributed by atoms with Crippen molar-refractivity contribution in [3.05, 3.63) is 30.1 Å². The SMILES string of the molecule is CCCc1nc(-c2n[nH]c3ccccc23)n[nH]1. The van der Waals surface area contributed by atoms with Crippen LogP contribution in [0.15, 0.2) is 24.3 Å². The van der Waals surface area contributed by atoms with Crippen molar-refractivity contribution in [2.75, 3.05) is 0 Å². The van der Waals surface area contributed by atoms with E-state index in [9.17, 15) is 0 Å². The van der Waals surface area contributed by atoms with Gasteiger partial charge in [-0.25, -0.2) is 4.98 Å². The molecule has 17 heavy (non-hydrogen) atoms. The second-order valence-electron chi connectivity index (χ2n) is 3.97. The largest absolute Gasteiger partial charge is 0.277 e. The molecule has 0 unspecified atom stereocenters. The Labute approximate surface area is 98.3 Å². The third-order valence-electron chi connectivity index (χ3n) is 2.70. The Kier molecular flexibility index (Phi) is 2.36. The number of para-hydroxylation sites is 1. The van der Waals surface area contributed by atoms with Crippen LogP contribution in [-0.2, 0) is 6.42 Å². The molecule has 0 aliphatic carbocycles. The Morgan fingerprint density at radius 3 is 2.88 bits per heavy atom. The van der Waals surface area contributed by atoms with E-state index in [0.717, 1.165) is 35.3 Å². The molecule has 0 atom stereocenters. The van der Waals surface area contributed by atoms with Crippen LogP contribution in [0.1, 0.15) is 19.2 Å². The van der Waals surface area contributed by atoms with Gasteiger partial charge in [0.25, 0.3) is 0 Å². The Bertz CT molecular complexity index is 637. The Hall–Kier alpha value is -2.17. The number of hydrogen-bond donors (Lipinski definition) is 2. The van der Waals surface area contributed by atoms with E-state index in [0.29, 0.717) is 5.82 Å². The van der Waals surface area contributed by atoms with Gasteiger partial charge < -0.3 is 0 Å². The fourth-order valence-electron chi connectivity index (χ4n) is 1.88. The van der Waals surface area contributed by atoms with E-state index in [1.807, 2.05) is 24.3 Å². The number of nitrogens with one attached hydrogen (secondary N) is 2. The second kappa shape index (κ2) is 4.01. The van der Waals surface area contributed by atoms with Crippen molar-refractivity contribution in [1.82, 2.24) is 25.4 Å². The Morgan fingerprint density at radius 2 is 2.00 bits per heavy atom. The van der Waals surface area contributed by atoms with Crippen LogP contribution in [0, 0.1) is 0 Å². The summed E-state index contributed by atoms with van der Waals surface area (Å²) in [6.07, 6.45) is 1.96. The standard InChI is InChI=1S/C12H13N5/c1-2-5-10-13-12(17-15-10)11-8-6-3-4-7-9(8)14-16-11/h3-4,6-7H,2,5H2,1H3,(H,14,16)(H,13,15,17).